The summed E-state index contributed by atoms with van der Waals surface area (Å²) in [4.78, 5) is 23.2. The minimum absolute atomic E-state index is 0.228. The highest BCUT2D eigenvalue weighted by Crippen LogP contribution is 2.38. The second kappa shape index (κ2) is 13.1. The van der Waals surface area contributed by atoms with Gasteiger partial charge in [-0.15, -0.1) is 68.0 Å². The van der Waals surface area contributed by atoms with Crippen LogP contribution in [0.1, 0.15) is 50.9 Å². The number of ketones is 1. The average Bonchev–Trinajstić information content (AvgIpc) is 3.80. The Morgan fingerprint density at radius 3 is 1.35 bits per heavy atom. The van der Waals surface area contributed by atoms with E-state index in [1.807, 2.05) is 35.0 Å². The van der Waals surface area contributed by atoms with Gasteiger partial charge in [0.2, 0.25) is 0 Å². The Bertz CT molecular complexity index is 1640. The largest absolute Gasteiger partial charge is 0.298 e. The Morgan fingerprint density at radius 2 is 0.950 bits per heavy atom. The van der Waals surface area contributed by atoms with E-state index in [1.165, 1.54) is 9.75 Å². The van der Waals surface area contributed by atoms with Crippen LogP contribution in [0.2, 0.25) is 0 Å². The monoisotopic (exact) mass is 626 g/mol. The van der Waals surface area contributed by atoms with Crippen molar-refractivity contribution < 1.29 is 4.79 Å². The lowest BCUT2D eigenvalue weighted by atomic mass is 9.85. The van der Waals surface area contributed by atoms with Crippen molar-refractivity contribution in [3.63, 3.8) is 0 Å². The van der Waals surface area contributed by atoms with Gasteiger partial charge in [0.25, 0.3) is 0 Å². The average molecular weight is 627 g/mol. The molecule has 0 radical (unpaired) electrons. The van der Waals surface area contributed by atoms with Gasteiger partial charge >= 0.3 is 0 Å². The number of thiophene rings is 6. The lowest BCUT2D eigenvalue weighted by molar-refractivity contribution is -0.121. The third-order valence-corrected chi connectivity index (χ3v) is 11.9. The number of hydrogen-bond donors (Lipinski definition) is 0. The van der Waals surface area contributed by atoms with Crippen LogP contribution in [0.5, 0.6) is 0 Å². The molecule has 0 aliphatic heterocycles. The van der Waals surface area contributed by atoms with E-state index in [0.717, 1.165) is 29.3 Å². The molecule has 6 heterocycles. The summed E-state index contributed by atoms with van der Waals surface area (Å²) >= 11 is 10.0. The third kappa shape index (κ3) is 6.82. The van der Waals surface area contributed by atoms with Gasteiger partial charge in [0, 0.05) is 19.5 Å². The fourth-order valence-corrected chi connectivity index (χ4v) is 8.93. The van der Waals surface area contributed by atoms with Crippen LogP contribution in [-0.4, -0.2) is 5.78 Å². The number of carbonyl (C=O) groups excluding carboxylic acids is 1. The van der Waals surface area contributed by atoms with Gasteiger partial charge in [-0.1, -0.05) is 24.3 Å². The highest BCUT2D eigenvalue weighted by atomic mass is 32.1. The SMILES string of the molecule is O=C(C(Cc1cccs1)c1ccc(C#Cc2cccs2)s1)C(Cc1cccs1)c1ccc(C#Cc2cccs2)s1. The Kier molecular flexibility index (Phi) is 8.90. The highest BCUT2D eigenvalue weighted by Gasteiger charge is 2.32. The van der Waals surface area contributed by atoms with Crippen molar-refractivity contribution in [1.82, 2.24) is 0 Å². The van der Waals surface area contributed by atoms with Crippen molar-refractivity contribution in [2.75, 3.05) is 0 Å². The van der Waals surface area contributed by atoms with Gasteiger partial charge in [0.1, 0.15) is 5.78 Å². The summed E-state index contributed by atoms with van der Waals surface area (Å²) in [6.45, 7) is 0. The number of rotatable bonds is 8. The smallest absolute Gasteiger partial charge is 0.150 e. The zero-order valence-electron chi connectivity index (χ0n) is 21.2. The van der Waals surface area contributed by atoms with Crippen LogP contribution in [0.15, 0.2) is 94.3 Å². The second-order valence-corrected chi connectivity index (χ2v) is 15.1. The van der Waals surface area contributed by atoms with Crippen LogP contribution in [0.4, 0.5) is 0 Å². The van der Waals surface area contributed by atoms with E-state index in [2.05, 4.69) is 83.0 Å². The van der Waals surface area contributed by atoms with E-state index in [-0.39, 0.29) is 17.6 Å². The molecule has 7 heteroatoms. The Hall–Kier alpha value is -3.01. The molecule has 0 bridgehead atoms. The quantitative estimate of drug-likeness (QED) is 0.154. The van der Waals surface area contributed by atoms with Crippen LogP contribution in [-0.2, 0) is 17.6 Å². The first-order chi connectivity index (χ1) is 19.7. The first kappa shape index (κ1) is 27.2. The highest BCUT2D eigenvalue weighted by molar-refractivity contribution is 7.13. The van der Waals surface area contributed by atoms with E-state index >= 15 is 0 Å². The minimum atomic E-state index is -0.228. The van der Waals surface area contributed by atoms with Gasteiger partial charge in [0.15, 0.2) is 0 Å². The molecule has 0 aliphatic carbocycles. The molecule has 6 aromatic heterocycles. The Morgan fingerprint density at radius 1 is 0.525 bits per heavy atom. The molecule has 0 amide bonds. The van der Waals surface area contributed by atoms with Gasteiger partial charge < -0.3 is 0 Å². The summed E-state index contributed by atoms with van der Waals surface area (Å²) in [5.74, 6) is 12.9. The van der Waals surface area contributed by atoms with E-state index < -0.39 is 0 Å². The molecule has 1 nitrogen and oxygen atoms in total. The first-order valence-electron chi connectivity index (χ1n) is 12.6. The molecule has 0 spiro atoms. The number of carbonyl (C=O) groups is 1. The van der Waals surface area contributed by atoms with Crippen molar-refractivity contribution in [3.8, 4) is 23.7 Å². The van der Waals surface area contributed by atoms with Crippen LogP contribution >= 0.6 is 68.0 Å². The predicted octanol–water partition coefficient (Wildman–Crippen LogP) is 9.78. The maximum absolute atomic E-state index is 14.6. The topological polar surface area (TPSA) is 17.1 Å². The summed E-state index contributed by atoms with van der Waals surface area (Å²) in [7, 11) is 0. The lowest BCUT2D eigenvalue weighted by Gasteiger charge is -2.21. The van der Waals surface area contributed by atoms with Gasteiger partial charge in [-0.25, -0.2) is 0 Å². The zero-order valence-corrected chi connectivity index (χ0v) is 26.1. The third-order valence-electron chi connectivity index (χ3n) is 6.26. The first-order valence-corrected chi connectivity index (χ1v) is 17.8. The van der Waals surface area contributed by atoms with E-state index in [9.17, 15) is 4.79 Å². The molecule has 0 aromatic carbocycles. The lowest BCUT2D eigenvalue weighted by Crippen LogP contribution is -2.22. The van der Waals surface area contributed by atoms with E-state index in [4.69, 9.17) is 0 Å². The summed E-state index contributed by atoms with van der Waals surface area (Å²) < 4.78 is 0. The van der Waals surface area contributed by atoms with Gasteiger partial charge in [-0.05, 0) is 107 Å². The molecular formula is C33H22OS6. The maximum Gasteiger partial charge on any atom is 0.150 e. The molecule has 0 saturated heterocycles. The molecule has 0 saturated carbocycles. The van der Waals surface area contributed by atoms with Gasteiger partial charge in [-0.3, -0.25) is 4.79 Å². The van der Waals surface area contributed by atoms with Gasteiger partial charge in [-0.2, -0.15) is 0 Å². The fraction of sp³-hybridized carbons (Fsp3) is 0.121. The normalized spacial score (nSPS) is 12.2. The van der Waals surface area contributed by atoms with Crippen LogP contribution in [0.25, 0.3) is 0 Å². The molecule has 0 fully saturated rings. The van der Waals surface area contributed by atoms with E-state index in [0.29, 0.717) is 12.8 Å². The summed E-state index contributed by atoms with van der Waals surface area (Å²) in [5.41, 5.74) is 0. The molecule has 0 aliphatic rings. The van der Waals surface area contributed by atoms with Crippen LogP contribution in [0.3, 0.4) is 0 Å². The van der Waals surface area contributed by atoms with Crippen molar-refractivity contribution in [2.24, 2.45) is 0 Å². The van der Waals surface area contributed by atoms with Crippen LogP contribution in [0, 0.1) is 23.7 Å². The zero-order chi connectivity index (χ0) is 27.1. The van der Waals surface area contributed by atoms with Gasteiger partial charge in [0.05, 0.1) is 31.3 Å². The van der Waals surface area contributed by atoms with Crippen LogP contribution < -0.4 is 0 Å². The molecule has 2 unspecified atom stereocenters. The van der Waals surface area contributed by atoms with Crippen molar-refractivity contribution >= 4 is 73.8 Å². The Balaban J connectivity index is 1.33. The minimum Gasteiger partial charge on any atom is -0.298 e. The van der Waals surface area contributed by atoms with Crippen molar-refractivity contribution in [1.29, 1.82) is 0 Å². The Labute approximate surface area is 258 Å². The molecule has 6 aromatic rings. The predicted molar refractivity (Wildman–Crippen MR) is 176 cm³/mol. The van der Waals surface area contributed by atoms with Crippen molar-refractivity contribution in [3.05, 3.63) is 133 Å². The molecule has 2 atom stereocenters. The number of hydrogen-bond acceptors (Lipinski definition) is 7. The molecule has 196 valence electrons. The molecule has 0 N–H and O–H groups in total. The molecular weight excluding hydrogens is 605 g/mol. The molecule has 40 heavy (non-hydrogen) atoms. The summed E-state index contributed by atoms with van der Waals surface area (Å²) in [5, 5.41) is 8.25. The maximum atomic E-state index is 14.6. The van der Waals surface area contributed by atoms with E-state index in [1.54, 1.807) is 68.0 Å². The number of Topliss-reactive ketones (excluding diaryl/α,β-unsaturated/α-hetero) is 1. The fourth-order valence-electron chi connectivity index (χ4n) is 4.35. The summed E-state index contributed by atoms with van der Waals surface area (Å²) in [6.07, 6.45) is 1.40. The second-order valence-electron chi connectivity index (χ2n) is 8.93. The summed E-state index contributed by atoms with van der Waals surface area (Å²) in [6, 6.07) is 24.8. The standard InChI is InChI=1S/C33H22OS6/c34-33(29(21-27-7-3-19-37-27)31-15-13-25(39-31)11-9-23-5-1-17-35-23)30(22-28-8-4-20-38-28)32-16-14-26(40-32)12-10-24-6-2-18-36-24/h1-8,13-20,29-30H,21-22H2. The van der Waals surface area contributed by atoms with Crippen molar-refractivity contribution in [2.45, 2.75) is 24.7 Å². The molecule has 6 rings (SSSR count).